The van der Waals surface area contributed by atoms with Crippen LogP contribution in [0.4, 0.5) is 9.59 Å². The van der Waals surface area contributed by atoms with E-state index in [2.05, 4.69) is 69.1 Å². The van der Waals surface area contributed by atoms with Crippen LogP contribution in [-0.2, 0) is 19.1 Å². The number of imidazole rings is 2. The van der Waals surface area contributed by atoms with E-state index >= 15 is 0 Å². The number of likely N-dealkylation sites (tertiary alicyclic amines) is 2. The molecule has 0 spiro atoms. The second-order valence-corrected chi connectivity index (χ2v) is 17.3. The fraction of sp³-hybridized carbons (Fsp3) is 0.478. The zero-order valence-corrected chi connectivity index (χ0v) is 35.9. The molecule has 4 heterocycles. The van der Waals surface area contributed by atoms with Crippen molar-refractivity contribution in [1.29, 1.82) is 0 Å². The topological polar surface area (TPSA) is 175 Å². The number of carbonyl (C=O) groups excluding carboxylic acids is 4. The minimum absolute atomic E-state index is 0.118. The molecule has 14 nitrogen and oxygen atoms in total. The first-order chi connectivity index (χ1) is 28.7. The van der Waals surface area contributed by atoms with Gasteiger partial charge in [-0.2, -0.15) is 0 Å². The molecule has 3 aromatic carbocycles. The van der Waals surface area contributed by atoms with Gasteiger partial charge in [-0.05, 0) is 112 Å². The number of benzene rings is 3. The lowest BCUT2D eigenvalue weighted by Crippen LogP contribution is -2.51. The van der Waals surface area contributed by atoms with Crippen molar-refractivity contribution >= 4 is 46.1 Å². The summed E-state index contributed by atoms with van der Waals surface area (Å²) in [6, 6.07) is 18.9. The molecule has 2 saturated heterocycles. The van der Waals surface area contributed by atoms with Gasteiger partial charge in [0, 0.05) is 13.1 Å². The highest BCUT2D eigenvalue weighted by molar-refractivity contribution is 5.88. The maximum absolute atomic E-state index is 13.8. The molecule has 4 N–H and O–H groups in total. The Morgan fingerprint density at radius 3 is 1.30 bits per heavy atom. The summed E-state index contributed by atoms with van der Waals surface area (Å²) < 4.78 is 10.5. The number of aromatic amines is 2. The number of hydrogen-bond donors (Lipinski definition) is 4. The Bertz CT molecular complexity index is 2180. The van der Waals surface area contributed by atoms with Crippen LogP contribution < -0.4 is 10.6 Å². The van der Waals surface area contributed by atoms with Gasteiger partial charge in [-0.3, -0.25) is 9.59 Å². The molecule has 2 aliphatic rings. The van der Waals surface area contributed by atoms with Crippen LogP contribution in [0, 0.1) is 11.8 Å². The van der Waals surface area contributed by atoms with E-state index in [1.165, 1.54) is 0 Å². The van der Waals surface area contributed by atoms with Gasteiger partial charge in [-0.25, -0.2) is 19.6 Å². The molecule has 2 aliphatic heterocycles. The number of rotatable bonds is 12. The zero-order valence-electron chi connectivity index (χ0n) is 35.9. The summed E-state index contributed by atoms with van der Waals surface area (Å²) in [5.74, 6) is 0.970. The van der Waals surface area contributed by atoms with Crippen LogP contribution in [0.15, 0.2) is 60.7 Å². The van der Waals surface area contributed by atoms with E-state index in [9.17, 15) is 19.2 Å². The lowest BCUT2D eigenvalue weighted by atomic mass is 10.00. The first kappa shape index (κ1) is 42.2. The number of hydrogen-bond acceptors (Lipinski definition) is 8. The summed E-state index contributed by atoms with van der Waals surface area (Å²) in [5, 5.41) is 5.58. The fourth-order valence-corrected chi connectivity index (χ4v) is 8.35. The molecule has 14 heteroatoms. The third kappa shape index (κ3) is 9.12. The number of alkyl carbamates (subject to hydrolysis) is 2. The Morgan fingerprint density at radius 2 is 0.950 bits per heavy atom. The highest BCUT2D eigenvalue weighted by Gasteiger charge is 2.39. The molecule has 4 amide bonds. The van der Waals surface area contributed by atoms with Gasteiger partial charge in [0.2, 0.25) is 11.8 Å². The molecule has 4 atom stereocenters. The number of H-pyrrole nitrogens is 2. The monoisotopic (exact) mass is 818 g/mol. The van der Waals surface area contributed by atoms with Crippen LogP contribution in [0.25, 0.3) is 44.3 Å². The number of aromatic nitrogens is 4. The molecule has 0 aliphatic carbocycles. The molecule has 318 valence electrons. The first-order valence-corrected chi connectivity index (χ1v) is 21.3. The van der Waals surface area contributed by atoms with Crippen molar-refractivity contribution in [3.63, 3.8) is 0 Å². The Labute approximate surface area is 351 Å². The van der Waals surface area contributed by atoms with Gasteiger partial charge >= 0.3 is 12.2 Å². The summed E-state index contributed by atoms with van der Waals surface area (Å²) >= 11 is 0. The van der Waals surface area contributed by atoms with Crippen LogP contribution >= 0.6 is 0 Å². The van der Waals surface area contributed by atoms with Crippen LogP contribution in [-0.4, -0.2) is 91.1 Å². The predicted molar refractivity (Wildman–Crippen MR) is 231 cm³/mol. The Balaban J connectivity index is 1.05. The second kappa shape index (κ2) is 17.7. The van der Waals surface area contributed by atoms with Gasteiger partial charge in [0.1, 0.15) is 23.7 Å². The van der Waals surface area contributed by atoms with E-state index in [1.807, 2.05) is 49.6 Å². The number of nitrogens with zero attached hydrogens (tertiary/aromatic N) is 4. The van der Waals surface area contributed by atoms with E-state index < -0.39 is 24.3 Å². The normalized spacial score (nSPS) is 17.9. The number of nitrogens with one attached hydrogen (secondary N) is 4. The van der Waals surface area contributed by atoms with Crippen LogP contribution in [0.3, 0.4) is 0 Å². The third-order valence-corrected chi connectivity index (χ3v) is 11.4. The summed E-state index contributed by atoms with van der Waals surface area (Å²) in [4.78, 5) is 73.0. The standard InChI is InChI=1S/C46H58N8O6/c1-25(2)39(51-45(57)59-27(5)6)43(55)53-21-9-11-37(53)41-47-33-19-17-31(23-35(33)49-41)29-13-15-30(16-14-29)32-18-20-34-36(24-32)50-42(48-34)38-12-10-22-54(38)44(56)40(26(3)4)52-46(58)60-28(7)8/h13-20,23-28,37-40H,9-12,21-22H2,1-8H3,(H,47,49)(H,48,50)(H,51,57)(H,52,58)/t37-,38-,39-,40-/m0/s1. The van der Waals surface area contributed by atoms with E-state index in [4.69, 9.17) is 19.4 Å². The van der Waals surface area contributed by atoms with E-state index in [-0.39, 0.29) is 47.9 Å². The van der Waals surface area contributed by atoms with Crippen molar-refractivity contribution in [2.45, 2.75) is 117 Å². The lowest BCUT2D eigenvalue weighted by molar-refractivity contribution is -0.136. The lowest BCUT2D eigenvalue weighted by Gasteiger charge is -2.30. The van der Waals surface area contributed by atoms with Crippen molar-refractivity contribution in [2.75, 3.05) is 13.1 Å². The van der Waals surface area contributed by atoms with Crippen molar-refractivity contribution in [2.24, 2.45) is 11.8 Å². The molecule has 60 heavy (non-hydrogen) atoms. The number of amides is 4. The van der Waals surface area contributed by atoms with Gasteiger partial charge in [-0.15, -0.1) is 0 Å². The maximum atomic E-state index is 13.8. The summed E-state index contributed by atoms with van der Waals surface area (Å²) in [7, 11) is 0. The van der Waals surface area contributed by atoms with Crippen molar-refractivity contribution in [3.8, 4) is 22.3 Å². The second-order valence-electron chi connectivity index (χ2n) is 17.3. The third-order valence-electron chi connectivity index (χ3n) is 11.4. The van der Waals surface area contributed by atoms with Crippen molar-refractivity contribution < 1.29 is 28.7 Å². The molecule has 7 rings (SSSR count). The minimum atomic E-state index is -0.703. The Kier molecular flexibility index (Phi) is 12.5. The summed E-state index contributed by atoms with van der Waals surface area (Å²) in [5.41, 5.74) is 7.59. The van der Waals surface area contributed by atoms with Crippen LogP contribution in [0.1, 0.15) is 105 Å². The molecular formula is C46H58N8O6. The molecule has 0 saturated carbocycles. The van der Waals surface area contributed by atoms with Gasteiger partial charge in [0.25, 0.3) is 0 Å². The molecular weight excluding hydrogens is 761 g/mol. The van der Waals surface area contributed by atoms with Gasteiger partial charge in [0.05, 0.1) is 46.4 Å². The molecule has 0 bridgehead atoms. The van der Waals surface area contributed by atoms with E-state index in [1.54, 1.807) is 27.7 Å². The molecule has 2 fully saturated rings. The van der Waals surface area contributed by atoms with Crippen LogP contribution in [0.2, 0.25) is 0 Å². The Hall–Kier alpha value is -5.92. The average Bonchev–Trinajstić information content (AvgIpc) is 4.03. The molecule has 5 aromatic rings. The number of carbonyl (C=O) groups is 4. The number of fused-ring (bicyclic) bond motifs is 2. The number of ether oxygens (including phenoxy) is 2. The minimum Gasteiger partial charge on any atom is -0.447 e. The molecule has 0 radical (unpaired) electrons. The van der Waals surface area contributed by atoms with Gasteiger partial charge < -0.3 is 39.9 Å². The quantitative estimate of drug-likeness (QED) is 0.0971. The molecule has 0 unspecified atom stereocenters. The summed E-state index contributed by atoms with van der Waals surface area (Å²) in [6.07, 6.45) is 1.49. The Morgan fingerprint density at radius 1 is 0.583 bits per heavy atom. The first-order valence-electron chi connectivity index (χ1n) is 21.3. The maximum Gasteiger partial charge on any atom is 0.408 e. The zero-order chi connectivity index (χ0) is 42.8. The van der Waals surface area contributed by atoms with Crippen molar-refractivity contribution in [1.82, 2.24) is 40.4 Å². The SMILES string of the molecule is CC(C)OC(=O)N[C@H](C(=O)N1CCC[C@H]1c1nc2ccc(-c3ccc(-c4ccc5nc([C@@H]6CCCN6C(=O)[C@@H](NC(=O)OC(C)C)C(C)C)[nH]c5c4)cc3)cc2[nH]1)C(C)C. The highest BCUT2D eigenvalue weighted by Crippen LogP contribution is 2.36. The highest BCUT2D eigenvalue weighted by atomic mass is 16.6. The van der Waals surface area contributed by atoms with E-state index in [0.29, 0.717) is 13.1 Å². The smallest absolute Gasteiger partial charge is 0.408 e. The van der Waals surface area contributed by atoms with Gasteiger partial charge in [-0.1, -0.05) is 64.1 Å². The van der Waals surface area contributed by atoms with Gasteiger partial charge in [0.15, 0.2) is 0 Å². The predicted octanol–water partition coefficient (Wildman–Crippen LogP) is 8.42. The summed E-state index contributed by atoms with van der Waals surface area (Å²) in [6.45, 7) is 16.0. The largest absolute Gasteiger partial charge is 0.447 e. The fourth-order valence-electron chi connectivity index (χ4n) is 8.35. The molecule has 2 aromatic heterocycles. The van der Waals surface area contributed by atoms with Crippen LogP contribution in [0.5, 0.6) is 0 Å². The van der Waals surface area contributed by atoms with Crippen molar-refractivity contribution in [3.05, 3.63) is 72.3 Å². The van der Waals surface area contributed by atoms with E-state index in [0.717, 1.165) is 81.7 Å². The average molecular weight is 819 g/mol.